The van der Waals surface area contributed by atoms with Crippen LogP contribution in [0.3, 0.4) is 0 Å². The molecule has 4 aromatic rings. The molecule has 1 amide bonds. The van der Waals surface area contributed by atoms with Gasteiger partial charge in [0.25, 0.3) is 0 Å². The fraction of sp³-hybridized carbons (Fsp3) is 0.405. The molecule has 2 aromatic carbocycles. The fourth-order valence-electron chi connectivity index (χ4n) is 7.34. The molecule has 312 valence electrons. The first-order chi connectivity index (χ1) is 28.0. The van der Waals surface area contributed by atoms with E-state index in [1.807, 2.05) is 22.9 Å². The predicted octanol–water partition coefficient (Wildman–Crippen LogP) is 6.82. The SMILES string of the molecule is CNc1c(O)ccc(C(O)CNCc2cc(Cl)c(NC(=O)OCCN3CCC4(CC3)CC(OC)C4)cc2OC)c1/C=C\C=O.O=CC(O)(c1cccs1)c1cccs1. The van der Waals surface area contributed by atoms with Crippen LogP contribution in [0.1, 0.15) is 58.2 Å². The summed E-state index contributed by atoms with van der Waals surface area (Å²) in [6.07, 6.45) is 7.53. The van der Waals surface area contributed by atoms with Crippen LogP contribution in [0.15, 0.2) is 65.4 Å². The molecule has 0 bridgehead atoms. The normalized spacial score (nSPS) is 15.9. The zero-order chi connectivity index (χ0) is 41.7. The van der Waals surface area contributed by atoms with Gasteiger partial charge in [-0.05, 0) is 96.9 Å². The Balaban J connectivity index is 0.000000382. The lowest BCUT2D eigenvalue weighted by Crippen LogP contribution is -2.50. The number of hydrogen-bond acceptors (Lipinski definition) is 14. The number of thiophene rings is 2. The summed E-state index contributed by atoms with van der Waals surface area (Å²) in [5, 5.41) is 44.1. The minimum atomic E-state index is -1.46. The van der Waals surface area contributed by atoms with Crippen molar-refractivity contribution in [3.8, 4) is 11.5 Å². The van der Waals surface area contributed by atoms with Gasteiger partial charge < -0.3 is 40.2 Å². The van der Waals surface area contributed by atoms with E-state index in [1.54, 1.807) is 44.5 Å². The van der Waals surface area contributed by atoms with Gasteiger partial charge in [0.15, 0.2) is 11.9 Å². The molecule has 3 heterocycles. The van der Waals surface area contributed by atoms with Crippen LogP contribution in [-0.4, -0.2) is 99.0 Å². The van der Waals surface area contributed by atoms with E-state index < -0.39 is 17.8 Å². The van der Waals surface area contributed by atoms with Crippen molar-refractivity contribution >= 4 is 70.4 Å². The summed E-state index contributed by atoms with van der Waals surface area (Å²) in [6, 6.07) is 13.6. The second-order valence-electron chi connectivity index (χ2n) is 14.2. The molecule has 1 atom stereocenters. The summed E-state index contributed by atoms with van der Waals surface area (Å²) < 4.78 is 16.4. The molecule has 1 saturated heterocycles. The Morgan fingerprint density at radius 2 is 1.78 bits per heavy atom. The number of phenolic OH excluding ortho intramolecular Hbond substituents is 1. The number of amides is 1. The highest BCUT2D eigenvalue weighted by molar-refractivity contribution is 7.12. The number of nitrogens with one attached hydrogen (secondary N) is 3. The number of hydrogen-bond donors (Lipinski definition) is 6. The number of likely N-dealkylation sites (tertiary alicyclic amines) is 1. The van der Waals surface area contributed by atoms with E-state index in [-0.39, 0.29) is 18.9 Å². The topological polar surface area (TPSA) is 179 Å². The van der Waals surface area contributed by atoms with Crippen LogP contribution in [0, 0.1) is 5.41 Å². The van der Waals surface area contributed by atoms with Crippen LogP contribution in [-0.2, 0) is 31.2 Å². The molecule has 1 spiro atoms. The molecule has 1 unspecified atom stereocenters. The van der Waals surface area contributed by atoms with E-state index >= 15 is 0 Å². The van der Waals surface area contributed by atoms with Crippen molar-refractivity contribution in [2.45, 2.75) is 50.0 Å². The van der Waals surface area contributed by atoms with E-state index in [1.165, 1.54) is 48.0 Å². The number of aldehydes is 2. The summed E-state index contributed by atoms with van der Waals surface area (Å²) >= 11 is 9.25. The van der Waals surface area contributed by atoms with Crippen LogP contribution >= 0.6 is 34.3 Å². The molecular weight excluding hydrogens is 804 g/mol. The zero-order valence-corrected chi connectivity index (χ0v) is 35.1. The van der Waals surface area contributed by atoms with E-state index in [4.69, 9.17) is 25.8 Å². The first kappa shape index (κ1) is 44.8. The van der Waals surface area contributed by atoms with Crippen LogP contribution in [0.5, 0.6) is 11.5 Å². The molecule has 1 aliphatic carbocycles. The molecule has 2 aliphatic rings. The van der Waals surface area contributed by atoms with Crippen molar-refractivity contribution < 1.29 is 43.9 Å². The molecule has 1 aliphatic heterocycles. The first-order valence-electron chi connectivity index (χ1n) is 18.9. The molecule has 13 nitrogen and oxygen atoms in total. The Hall–Kier alpha value is -4.32. The maximum absolute atomic E-state index is 12.5. The number of ether oxygens (including phenoxy) is 3. The minimum absolute atomic E-state index is 0.00365. The van der Waals surface area contributed by atoms with Crippen molar-refractivity contribution in [2.75, 3.05) is 64.7 Å². The first-order valence-corrected chi connectivity index (χ1v) is 21.0. The van der Waals surface area contributed by atoms with Gasteiger partial charge in [0, 0.05) is 60.7 Å². The number of aliphatic hydroxyl groups excluding tert-OH is 1. The number of methoxy groups -OCH3 is 2. The van der Waals surface area contributed by atoms with Crippen LogP contribution in [0.25, 0.3) is 6.08 Å². The summed E-state index contributed by atoms with van der Waals surface area (Å²) in [5.74, 6) is 0.501. The maximum Gasteiger partial charge on any atom is 0.411 e. The highest BCUT2D eigenvalue weighted by Crippen LogP contribution is 2.50. The molecule has 1 saturated carbocycles. The Labute approximate surface area is 351 Å². The summed E-state index contributed by atoms with van der Waals surface area (Å²) in [5.41, 5.74) is 1.52. The van der Waals surface area contributed by atoms with Crippen LogP contribution in [0.4, 0.5) is 16.2 Å². The van der Waals surface area contributed by atoms with Gasteiger partial charge >= 0.3 is 6.09 Å². The van der Waals surface area contributed by atoms with Crippen molar-refractivity contribution in [3.05, 3.63) is 96.8 Å². The lowest BCUT2D eigenvalue weighted by atomic mass is 9.61. The number of anilines is 2. The number of piperidine rings is 1. The smallest absolute Gasteiger partial charge is 0.411 e. The molecular formula is C42H51ClN4O9S2. The number of benzene rings is 2. The summed E-state index contributed by atoms with van der Waals surface area (Å²) in [7, 11) is 4.95. The Bertz CT molecular complexity index is 1940. The number of carbonyl (C=O) groups is 3. The third kappa shape index (κ3) is 11.0. The minimum Gasteiger partial charge on any atom is -0.506 e. The number of phenols is 1. The van der Waals surface area contributed by atoms with Crippen LogP contribution in [0.2, 0.25) is 5.02 Å². The lowest BCUT2D eigenvalue weighted by Gasteiger charge is -2.51. The maximum atomic E-state index is 12.5. The van der Waals surface area contributed by atoms with Gasteiger partial charge in [0.2, 0.25) is 0 Å². The monoisotopic (exact) mass is 854 g/mol. The summed E-state index contributed by atoms with van der Waals surface area (Å²) in [6.45, 7) is 3.43. The quantitative estimate of drug-likeness (QED) is 0.0372. The number of carbonyl (C=O) groups excluding carboxylic acids is 3. The van der Waals surface area contributed by atoms with Gasteiger partial charge in [-0.25, -0.2) is 4.79 Å². The highest BCUT2D eigenvalue weighted by atomic mass is 35.5. The standard InChI is InChI=1S/C32H43ClN4O7.C10H8O2S2/c1-34-30-24(5-4-13-38)23(6-7-27(30)39)28(40)20-35-19-21-15-25(33)26(16-29(21)43-3)36-31(41)44-14-12-37-10-8-32(9-11-37)17-22(18-32)42-2;11-7-10(12,8-3-1-5-13-8)9-4-2-6-14-9/h4-7,13,15-16,22,28,34-35,39-40H,8-12,14,17-20H2,1-3H3,(H,36,41);1-7,12H/b5-4-;. The van der Waals surface area contributed by atoms with Gasteiger partial charge in [0.05, 0.1) is 35.7 Å². The molecule has 2 aromatic heterocycles. The number of allylic oxidation sites excluding steroid dienone is 1. The predicted molar refractivity (Wildman–Crippen MR) is 228 cm³/mol. The van der Waals surface area contributed by atoms with E-state index in [2.05, 4.69) is 20.9 Å². The third-order valence-corrected chi connectivity index (χ3v) is 12.9. The van der Waals surface area contributed by atoms with E-state index in [0.717, 1.165) is 44.3 Å². The molecule has 2 fully saturated rings. The highest BCUT2D eigenvalue weighted by Gasteiger charge is 2.45. The Kier molecular flexibility index (Phi) is 16.3. The third-order valence-electron chi connectivity index (χ3n) is 10.6. The number of aromatic hydroxyl groups is 1. The summed E-state index contributed by atoms with van der Waals surface area (Å²) in [4.78, 5) is 38.0. The van der Waals surface area contributed by atoms with Crippen LogP contribution < -0.4 is 20.7 Å². The second-order valence-corrected chi connectivity index (χ2v) is 16.5. The second kappa shape index (κ2) is 21.1. The lowest BCUT2D eigenvalue weighted by molar-refractivity contribution is -0.120. The van der Waals surface area contributed by atoms with Gasteiger partial charge in [-0.2, -0.15) is 0 Å². The zero-order valence-electron chi connectivity index (χ0n) is 32.7. The van der Waals surface area contributed by atoms with Crippen molar-refractivity contribution in [3.63, 3.8) is 0 Å². The van der Waals surface area contributed by atoms with Crippen molar-refractivity contribution in [1.29, 1.82) is 0 Å². The molecule has 6 rings (SSSR count). The Morgan fingerprint density at radius 1 is 1.09 bits per heavy atom. The number of aliphatic hydroxyl groups is 2. The number of nitrogens with zero attached hydrogens (tertiary/aromatic N) is 1. The average Bonchev–Trinajstić information content (AvgIpc) is 3.97. The average molecular weight is 855 g/mol. The largest absolute Gasteiger partial charge is 0.506 e. The molecule has 0 radical (unpaired) electrons. The molecule has 6 N–H and O–H groups in total. The van der Waals surface area contributed by atoms with Crippen molar-refractivity contribution in [1.82, 2.24) is 10.2 Å². The van der Waals surface area contributed by atoms with Gasteiger partial charge in [-0.15, -0.1) is 22.7 Å². The Morgan fingerprint density at radius 3 is 2.34 bits per heavy atom. The molecule has 16 heteroatoms. The van der Waals surface area contributed by atoms with Gasteiger partial charge in [-0.1, -0.05) is 29.8 Å². The van der Waals surface area contributed by atoms with Gasteiger partial charge in [0.1, 0.15) is 24.4 Å². The van der Waals surface area contributed by atoms with Gasteiger partial charge in [-0.3, -0.25) is 19.8 Å². The number of rotatable bonds is 17. The fourth-order valence-corrected chi connectivity index (χ4v) is 9.23. The number of halogens is 1. The molecule has 58 heavy (non-hydrogen) atoms. The van der Waals surface area contributed by atoms with Crippen molar-refractivity contribution in [2.24, 2.45) is 5.41 Å². The van der Waals surface area contributed by atoms with E-state index in [9.17, 15) is 29.7 Å². The van der Waals surface area contributed by atoms with E-state index in [0.29, 0.717) is 80.2 Å².